The SMILES string of the molecule is CCCC(=O)Nc1cc(C(=O)Nc2cc(C(=O)Nc3cc(C(=O)NCCOc4ccc5nc6c(cc5c4)Cn4c-6cc5c(c4=O)COC(=O)C5(O)CC)n(COC)c3)n(COC)c2)n(COC)c1. The number of carbonyl (C=O) groups is 5. The first-order chi connectivity index (χ1) is 32.8. The maximum Gasteiger partial charge on any atom is 0.343 e. The van der Waals surface area contributed by atoms with Gasteiger partial charge in [0.25, 0.3) is 23.3 Å². The number of hydrogen-bond donors (Lipinski definition) is 5. The van der Waals surface area contributed by atoms with Crippen LogP contribution in [-0.4, -0.2) is 92.4 Å². The van der Waals surface area contributed by atoms with Gasteiger partial charge in [0.2, 0.25) is 5.91 Å². The highest BCUT2D eigenvalue weighted by atomic mass is 16.6. The molecule has 0 bridgehead atoms. The Bertz CT molecular complexity index is 3020. The number of hydrogen-bond acceptors (Lipinski definition) is 13. The van der Waals surface area contributed by atoms with Gasteiger partial charge in [-0.3, -0.25) is 24.0 Å². The second-order valence-corrected chi connectivity index (χ2v) is 16.3. The molecule has 68 heavy (non-hydrogen) atoms. The Morgan fingerprint density at radius 3 is 1.94 bits per heavy atom. The third-order valence-corrected chi connectivity index (χ3v) is 11.6. The first kappa shape index (κ1) is 46.9. The average Bonchev–Trinajstić information content (AvgIpc) is 4.10. The molecule has 1 atom stereocenters. The van der Waals surface area contributed by atoms with Crippen LogP contribution in [0.5, 0.6) is 5.75 Å². The standard InChI is InChI=1S/C47H51N9O12/c1-6-8-40(57)49-29-15-38(54(20-29)25-65-4)43(59)51-31-17-39(55(22-31)26-66-5)44(60)50-30-16-37(53(21-30)24-64-3)42(58)48-11-12-67-32-9-10-35-27(14-32)13-28-19-56-36(41(28)52-35)18-34-33(45(56)61)23-68-46(62)47(34,63)7-2/h9-10,13-18,20-22,63H,6-8,11-12,19,23-26H2,1-5H3,(H,48,58)(H,49,57)(H,50,60)(H,51,59). The Balaban J connectivity index is 0.899. The molecule has 8 rings (SSSR count). The molecular formula is C47H51N9O12. The first-order valence-electron chi connectivity index (χ1n) is 21.8. The minimum Gasteiger partial charge on any atom is -0.492 e. The van der Waals surface area contributed by atoms with E-state index in [2.05, 4.69) is 21.3 Å². The molecule has 2 aliphatic rings. The summed E-state index contributed by atoms with van der Waals surface area (Å²) in [5, 5.41) is 23.2. The summed E-state index contributed by atoms with van der Waals surface area (Å²) in [7, 11) is 4.42. The van der Waals surface area contributed by atoms with Crippen LogP contribution in [0.15, 0.2) is 71.9 Å². The lowest BCUT2D eigenvalue weighted by molar-refractivity contribution is -0.172. The minimum absolute atomic E-state index is 0.00602. The molecule has 356 valence electrons. The number of aliphatic hydroxyl groups is 1. The molecule has 0 spiro atoms. The number of pyridine rings is 2. The molecule has 0 saturated carbocycles. The van der Waals surface area contributed by atoms with Gasteiger partial charge in [0, 0.05) is 62.9 Å². The number of aromatic nitrogens is 5. The minimum atomic E-state index is -1.92. The summed E-state index contributed by atoms with van der Waals surface area (Å²) >= 11 is 0. The third kappa shape index (κ3) is 9.23. The lowest BCUT2D eigenvalue weighted by Gasteiger charge is -2.31. The number of ether oxygens (including phenoxy) is 5. The van der Waals surface area contributed by atoms with Gasteiger partial charge in [-0.2, -0.15) is 0 Å². The maximum absolute atomic E-state index is 13.7. The fourth-order valence-electron chi connectivity index (χ4n) is 8.36. The van der Waals surface area contributed by atoms with Gasteiger partial charge < -0.3 is 68.3 Å². The smallest absolute Gasteiger partial charge is 0.343 e. The molecule has 7 heterocycles. The van der Waals surface area contributed by atoms with E-state index < -0.39 is 29.3 Å². The van der Waals surface area contributed by atoms with Crippen molar-refractivity contribution in [3.8, 4) is 17.1 Å². The van der Waals surface area contributed by atoms with Crippen LogP contribution in [-0.2, 0) is 67.5 Å². The Hall–Kier alpha value is -7.59. The summed E-state index contributed by atoms with van der Waals surface area (Å²) in [6.45, 7) is 3.87. The molecule has 0 saturated heterocycles. The number of nitrogens with one attached hydrogen (secondary N) is 4. The molecule has 1 unspecified atom stereocenters. The molecule has 6 aromatic rings. The molecular weight excluding hydrogens is 883 g/mol. The highest BCUT2D eigenvalue weighted by Gasteiger charge is 2.45. The van der Waals surface area contributed by atoms with E-state index in [1.165, 1.54) is 48.7 Å². The molecule has 0 radical (unpaired) electrons. The van der Waals surface area contributed by atoms with Gasteiger partial charge in [-0.1, -0.05) is 13.8 Å². The largest absolute Gasteiger partial charge is 0.492 e. The van der Waals surface area contributed by atoms with Crippen molar-refractivity contribution in [2.24, 2.45) is 0 Å². The van der Waals surface area contributed by atoms with Crippen LogP contribution in [0.1, 0.15) is 81.3 Å². The molecule has 5 N–H and O–H groups in total. The number of methoxy groups -OCH3 is 3. The fourth-order valence-corrected chi connectivity index (χ4v) is 8.36. The van der Waals surface area contributed by atoms with Gasteiger partial charge in [-0.05, 0) is 61.4 Å². The van der Waals surface area contributed by atoms with E-state index in [4.69, 9.17) is 28.7 Å². The topological polar surface area (TPSA) is 250 Å². The van der Waals surface area contributed by atoms with Crippen LogP contribution >= 0.6 is 0 Å². The predicted molar refractivity (Wildman–Crippen MR) is 246 cm³/mol. The zero-order valence-electron chi connectivity index (χ0n) is 38.1. The lowest BCUT2D eigenvalue weighted by atomic mass is 9.86. The Labute approximate surface area is 388 Å². The van der Waals surface area contributed by atoms with E-state index in [0.29, 0.717) is 52.6 Å². The molecule has 21 heteroatoms. The van der Waals surface area contributed by atoms with E-state index >= 15 is 0 Å². The summed E-state index contributed by atoms with van der Waals surface area (Å²) in [4.78, 5) is 83.8. The zero-order chi connectivity index (χ0) is 48.3. The summed E-state index contributed by atoms with van der Waals surface area (Å²) in [6, 6.07) is 13.5. The third-order valence-electron chi connectivity index (χ3n) is 11.6. The number of esters is 1. The summed E-state index contributed by atoms with van der Waals surface area (Å²) in [5.41, 5.74) is 2.38. The number of rotatable bonds is 19. The molecule has 0 aliphatic carbocycles. The monoisotopic (exact) mass is 933 g/mol. The van der Waals surface area contributed by atoms with Gasteiger partial charge in [0.1, 0.15) is 56.2 Å². The summed E-state index contributed by atoms with van der Waals surface area (Å²) in [6.07, 6.45) is 5.75. The lowest BCUT2D eigenvalue weighted by Crippen LogP contribution is -2.44. The van der Waals surface area contributed by atoms with Gasteiger partial charge in [0.05, 0.1) is 52.6 Å². The molecule has 0 fully saturated rings. The van der Waals surface area contributed by atoms with Crippen molar-refractivity contribution < 1.29 is 52.8 Å². The van der Waals surface area contributed by atoms with Gasteiger partial charge >= 0.3 is 5.97 Å². The van der Waals surface area contributed by atoms with E-state index in [-0.39, 0.29) is 92.6 Å². The van der Waals surface area contributed by atoms with Gasteiger partial charge in [-0.25, -0.2) is 9.78 Å². The quantitative estimate of drug-likeness (QED) is 0.0560. The number of anilines is 3. The number of benzene rings is 1. The van der Waals surface area contributed by atoms with E-state index in [9.17, 15) is 33.9 Å². The Morgan fingerprint density at radius 2 is 1.37 bits per heavy atom. The van der Waals surface area contributed by atoms with Crippen LogP contribution < -0.4 is 31.6 Å². The molecule has 4 amide bonds. The van der Waals surface area contributed by atoms with E-state index in [1.807, 2.05) is 19.1 Å². The van der Waals surface area contributed by atoms with E-state index in [0.717, 1.165) is 10.9 Å². The normalized spacial score (nSPS) is 14.8. The fraction of sp³-hybridized carbons (Fsp3) is 0.340. The number of nitrogens with zero attached hydrogens (tertiary/aromatic N) is 5. The predicted octanol–water partition coefficient (Wildman–Crippen LogP) is 4.35. The van der Waals surface area contributed by atoms with Gasteiger partial charge in [0.15, 0.2) is 5.60 Å². The zero-order valence-corrected chi connectivity index (χ0v) is 38.1. The van der Waals surface area contributed by atoms with E-state index in [1.54, 1.807) is 52.8 Å². The molecule has 1 aromatic carbocycles. The number of fused-ring (bicyclic) bond motifs is 5. The number of carbonyl (C=O) groups excluding carboxylic acids is 5. The van der Waals surface area contributed by atoms with Crippen molar-refractivity contribution in [3.63, 3.8) is 0 Å². The number of amides is 4. The van der Waals surface area contributed by atoms with Crippen molar-refractivity contribution in [1.29, 1.82) is 0 Å². The summed E-state index contributed by atoms with van der Waals surface area (Å²) in [5.74, 6) is -1.95. The van der Waals surface area contributed by atoms with Crippen LogP contribution in [0, 0.1) is 0 Å². The molecule has 21 nitrogen and oxygen atoms in total. The van der Waals surface area contributed by atoms with Crippen molar-refractivity contribution in [2.75, 3.05) is 50.4 Å². The van der Waals surface area contributed by atoms with Crippen molar-refractivity contribution in [2.45, 2.75) is 72.1 Å². The van der Waals surface area contributed by atoms with Crippen LogP contribution in [0.4, 0.5) is 17.1 Å². The average molecular weight is 934 g/mol. The first-order valence-corrected chi connectivity index (χ1v) is 21.8. The second-order valence-electron chi connectivity index (χ2n) is 16.3. The molecule has 5 aromatic heterocycles. The highest BCUT2D eigenvalue weighted by molar-refractivity contribution is 6.08. The van der Waals surface area contributed by atoms with Crippen molar-refractivity contribution in [3.05, 3.63) is 111 Å². The van der Waals surface area contributed by atoms with Crippen molar-refractivity contribution >= 4 is 57.6 Å². The van der Waals surface area contributed by atoms with Crippen LogP contribution in [0.25, 0.3) is 22.3 Å². The number of cyclic esters (lactones) is 1. The second kappa shape index (κ2) is 19.7. The highest BCUT2D eigenvalue weighted by Crippen LogP contribution is 2.39. The maximum atomic E-state index is 13.7. The summed E-state index contributed by atoms with van der Waals surface area (Å²) < 4.78 is 33.2. The Kier molecular flexibility index (Phi) is 13.6. The van der Waals surface area contributed by atoms with Gasteiger partial charge in [-0.15, -0.1) is 0 Å². The molecule has 2 aliphatic heterocycles. The van der Waals surface area contributed by atoms with Crippen LogP contribution in [0.3, 0.4) is 0 Å². The van der Waals surface area contributed by atoms with Crippen molar-refractivity contribution in [1.82, 2.24) is 28.6 Å². The Morgan fingerprint density at radius 1 is 0.779 bits per heavy atom. The van der Waals surface area contributed by atoms with Crippen LogP contribution in [0.2, 0.25) is 0 Å².